The third-order valence-electron chi connectivity index (χ3n) is 2.45. The van der Waals surface area contributed by atoms with Crippen LogP contribution < -0.4 is 5.32 Å². The normalized spacial score (nSPS) is 39.3. The zero-order valence-corrected chi connectivity index (χ0v) is 8.90. The van der Waals surface area contributed by atoms with Crippen molar-refractivity contribution in [2.45, 2.75) is 44.5 Å². The van der Waals surface area contributed by atoms with Crippen LogP contribution in [0.15, 0.2) is 0 Å². The van der Waals surface area contributed by atoms with Gasteiger partial charge in [0.05, 0.1) is 11.0 Å². The molecule has 0 bridgehead atoms. The summed E-state index contributed by atoms with van der Waals surface area (Å²) in [6, 6.07) is 0.0544. The third kappa shape index (κ3) is 1.80. The minimum absolute atomic E-state index is 0.0544. The van der Waals surface area contributed by atoms with E-state index in [1.165, 1.54) is 0 Å². The first-order chi connectivity index (χ1) is 5.25. The Morgan fingerprint density at radius 2 is 1.83 bits per heavy atom. The first-order valence-electron chi connectivity index (χ1n) is 4.24. The molecule has 12 heavy (non-hydrogen) atoms. The molecule has 0 spiro atoms. The highest BCUT2D eigenvalue weighted by Crippen LogP contribution is 2.21. The molecule has 1 aliphatic heterocycles. The fraction of sp³-hybridized carbons (Fsp3) is 1.00. The summed E-state index contributed by atoms with van der Waals surface area (Å²) in [6.45, 7) is 7.53. The van der Waals surface area contributed by atoms with Crippen LogP contribution >= 0.6 is 0 Å². The van der Waals surface area contributed by atoms with Crippen molar-refractivity contribution in [1.82, 2.24) is 5.32 Å². The maximum absolute atomic E-state index is 11.6. The smallest absolute Gasteiger partial charge is 0.156 e. The molecular formula is C8H17NO2S. The molecular weight excluding hydrogens is 174 g/mol. The minimum atomic E-state index is -2.88. The fourth-order valence-corrected chi connectivity index (χ4v) is 3.76. The van der Waals surface area contributed by atoms with Gasteiger partial charge in [0, 0.05) is 11.6 Å². The lowest BCUT2D eigenvalue weighted by Crippen LogP contribution is -2.60. The van der Waals surface area contributed by atoms with Gasteiger partial charge < -0.3 is 5.32 Å². The summed E-state index contributed by atoms with van der Waals surface area (Å²) in [5, 5.41) is 3.02. The number of rotatable bonds is 0. The van der Waals surface area contributed by atoms with Crippen molar-refractivity contribution in [2.75, 3.05) is 5.75 Å². The summed E-state index contributed by atoms with van der Waals surface area (Å²) >= 11 is 0. The predicted molar refractivity (Wildman–Crippen MR) is 49.9 cm³/mol. The van der Waals surface area contributed by atoms with Crippen molar-refractivity contribution in [1.29, 1.82) is 0 Å². The Morgan fingerprint density at radius 1 is 1.33 bits per heavy atom. The third-order valence-corrected chi connectivity index (χ3v) is 5.12. The van der Waals surface area contributed by atoms with Crippen molar-refractivity contribution in [3.05, 3.63) is 0 Å². The van der Waals surface area contributed by atoms with Crippen molar-refractivity contribution in [3.8, 4) is 0 Å². The van der Waals surface area contributed by atoms with Gasteiger partial charge in [-0.2, -0.15) is 0 Å². The highest BCUT2D eigenvalue weighted by atomic mass is 32.2. The molecule has 0 saturated carbocycles. The van der Waals surface area contributed by atoms with Crippen molar-refractivity contribution in [2.24, 2.45) is 0 Å². The van der Waals surface area contributed by atoms with Crippen molar-refractivity contribution < 1.29 is 8.42 Å². The Balaban J connectivity index is 2.95. The Kier molecular flexibility index (Phi) is 2.25. The monoisotopic (exact) mass is 191 g/mol. The van der Waals surface area contributed by atoms with Gasteiger partial charge in [-0.1, -0.05) is 0 Å². The maximum atomic E-state index is 11.6. The Morgan fingerprint density at radius 3 is 2.25 bits per heavy atom. The SMILES string of the molecule is CC1NC(C)(C)CS(=O)(=O)C1C. The van der Waals surface area contributed by atoms with E-state index < -0.39 is 9.84 Å². The molecule has 0 amide bonds. The molecule has 0 aromatic carbocycles. The van der Waals surface area contributed by atoms with Gasteiger partial charge in [-0.15, -0.1) is 0 Å². The topological polar surface area (TPSA) is 46.2 Å². The first-order valence-corrected chi connectivity index (χ1v) is 5.95. The predicted octanol–water partition coefficient (Wildman–Crippen LogP) is 0.560. The van der Waals surface area contributed by atoms with E-state index in [1.807, 2.05) is 20.8 Å². The molecule has 1 aliphatic rings. The lowest BCUT2D eigenvalue weighted by Gasteiger charge is -2.38. The standard InChI is InChI=1S/C8H17NO2S/c1-6-7(2)12(10,11)5-8(3,4)9-6/h6-7,9H,5H2,1-4H3. The van der Waals surface area contributed by atoms with Gasteiger partial charge >= 0.3 is 0 Å². The molecule has 3 nitrogen and oxygen atoms in total. The van der Waals surface area contributed by atoms with Gasteiger partial charge in [0.15, 0.2) is 9.84 Å². The molecule has 1 N–H and O–H groups in total. The molecule has 0 aliphatic carbocycles. The van der Waals surface area contributed by atoms with Crippen LogP contribution in [0, 0.1) is 0 Å². The van der Waals surface area contributed by atoms with Crippen LogP contribution in [0.2, 0.25) is 0 Å². The van der Waals surface area contributed by atoms with Gasteiger partial charge in [0.25, 0.3) is 0 Å². The molecule has 2 atom stereocenters. The van der Waals surface area contributed by atoms with Gasteiger partial charge in [0.1, 0.15) is 0 Å². The van der Waals surface area contributed by atoms with Crippen molar-refractivity contribution in [3.63, 3.8) is 0 Å². The molecule has 1 heterocycles. The minimum Gasteiger partial charge on any atom is -0.307 e. The Hall–Kier alpha value is -0.0900. The average molecular weight is 191 g/mol. The van der Waals surface area contributed by atoms with Crippen LogP contribution in [0.5, 0.6) is 0 Å². The van der Waals surface area contributed by atoms with E-state index in [2.05, 4.69) is 5.32 Å². The molecule has 0 radical (unpaired) electrons. The quantitative estimate of drug-likeness (QED) is 0.608. The van der Waals surface area contributed by atoms with Crippen molar-refractivity contribution >= 4 is 9.84 Å². The highest BCUT2D eigenvalue weighted by molar-refractivity contribution is 7.92. The molecule has 0 aromatic heterocycles. The van der Waals surface area contributed by atoms with E-state index in [9.17, 15) is 8.42 Å². The van der Waals surface area contributed by atoms with E-state index in [4.69, 9.17) is 0 Å². The number of nitrogens with one attached hydrogen (secondary N) is 1. The summed E-state index contributed by atoms with van der Waals surface area (Å²) in [5.74, 6) is 0.242. The summed E-state index contributed by atoms with van der Waals surface area (Å²) in [6.07, 6.45) is 0. The highest BCUT2D eigenvalue weighted by Gasteiger charge is 2.39. The van der Waals surface area contributed by atoms with Gasteiger partial charge in [-0.25, -0.2) is 8.42 Å². The molecule has 2 unspecified atom stereocenters. The van der Waals surface area contributed by atoms with Gasteiger partial charge in [-0.3, -0.25) is 0 Å². The number of hydrogen-bond donors (Lipinski definition) is 1. The van der Waals surface area contributed by atoms with E-state index in [0.29, 0.717) is 0 Å². The molecule has 1 saturated heterocycles. The second kappa shape index (κ2) is 2.70. The Labute approximate surface area is 74.5 Å². The summed E-state index contributed by atoms with van der Waals surface area (Å²) in [5.41, 5.74) is -0.273. The van der Waals surface area contributed by atoms with Crippen LogP contribution in [0.1, 0.15) is 27.7 Å². The summed E-state index contributed by atoms with van der Waals surface area (Å²) in [7, 11) is -2.88. The molecule has 0 aromatic rings. The van der Waals surface area contributed by atoms with Crippen LogP contribution in [-0.2, 0) is 9.84 Å². The maximum Gasteiger partial charge on any atom is 0.156 e. The Bertz CT molecular complexity index is 269. The van der Waals surface area contributed by atoms with E-state index in [1.54, 1.807) is 6.92 Å². The number of sulfone groups is 1. The zero-order valence-electron chi connectivity index (χ0n) is 8.09. The molecule has 72 valence electrons. The van der Waals surface area contributed by atoms with Gasteiger partial charge in [0.2, 0.25) is 0 Å². The zero-order chi connectivity index (χ0) is 9.57. The average Bonchev–Trinajstić information content (AvgIpc) is 1.79. The van der Waals surface area contributed by atoms with E-state index >= 15 is 0 Å². The second-order valence-corrected chi connectivity index (χ2v) is 6.69. The van der Waals surface area contributed by atoms with E-state index in [0.717, 1.165) is 0 Å². The summed E-state index contributed by atoms with van der Waals surface area (Å²) < 4.78 is 23.1. The number of hydrogen-bond acceptors (Lipinski definition) is 3. The van der Waals surface area contributed by atoms with Gasteiger partial charge in [-0.05, 0) is 27.7 Å². The van der Waals surface area contributed by atoms with Crippen LogP contribution in [-0.4, -0.2) is 31.0 Å². The van der Waals surface area contributed by atoms with Crippen LogP contribution in [0.3, 0.4) is 0 Å². The summed E-state index contributed by atoms with van der Waals surface area (Å²) in [4.78, 5) is 0. The second-order valence-electron chi connectivity index (χ2n) is 4.33. The lowest BCUT2D eigenvalue weighted by atomic mass is 10.1. The molecule has 4 heteroatoms. The molecule has 1 rings (SSSR count). The molecule has 1 fully saturated rings. The largest absolute Gasteiger partial charge is 0.307 e. The first kappa shape index (κ1) is 9.99. The van der Waals surface area contributed by atoms with E-state index in [-0.39, 0.29) is 22.6 Å². The lowest BCUT2D eigenvalue weighted by molar-refractivity contribution is 0.343. The van der Waals surface area contributed by atoms with Crippen LogP contribution in [0.25, 0.3) is 0 Å². The van der Waals surface area contributed by atoms with Crippen LogP contribution in [0.4, 0.5) is 0 Å². The fourth-order valence-electron chi connectivity index (χ4n) is 1.72.